The zero-order chi connectivity index (χ0) is 52.1. The number of aliphatic hydroxyl groups is 1. The van der Waals surface area contributed by atoms with Crippen LogP contribution in [0.1, 0.15) is 94.3 Å². The van der Waals surface area contributed by atoms with Crippen LogP contribution in [0.2, 0.25) is 0 Å². The van der Waals surface area contributed by atoms with Gasteiger partial charge in [0.15, 0.2) is 0 Å². The molecule has 0 radical (unpaired) electrons. The van der Waals surface area contributed by atoms with E-state index in [9.17, 15) is 28.7 Å². The maximum Gasteiger partial charge on any atom is 0.258 e. The molecule has 4 N–H and O–H groups in total. The molecule has 4 aliphatic carbocycles. The summed E-state index contributed by atoms with van der Waals surface area (Å²) in [5.41, 5.74) is 6.78. The van der Waals surface area contributed by atoms with Crippen molar-refractivity contribution in [1.82, 2.24) is 39.8 Å². The number of aliphatic hydroxyl groups excluding tert-OH is 1. The second-order valence-electron chi connectivity index (χ2n) is 22.5. The summed E-state index contributed by atoms with van der Waals surface area (Å²) < 4.78 is 33.7. The van der Waals surface area contributed by atoms with Crippen LogP contribution in [0.25, 0.3) is 43.8 Å². The molecule has 4 aromatic carbocycles. The first-order chi connectivity index (χ1) is 36.3. The normalized spacial score (nSPS) is 19.5. The molecule has 1 atom stereocenters. The van der Waals surface area contributed by atoms with Crippen LogP contribution < -0.4 is 27.1 Å². The number of piperazine rings is 2. The van der Waals surface area contributed by atoms with E-state index in [1.165, 1.54) is 25.0 Å². The maximum absolute atomic E-state index is 15.0. The van der Waals surface area contributed by atoms with Crippen LogP contribution in [0.15, 0.2) is 82.6 Å². The molecule has 6 aromatic rings. The van der Waals surface area contributed by atoms with Gasteiger partial charge in [-0.05, 0) is 188 Å². The highest BCUT2D eigenvalue weighted by atomic mass is 19.1. The number of hydrogen-bond acceptors (Lipinski definition) is 9. The molecule has 2 saturated heterocycles. The number of likely N-dealkylation sites (N-methyl/N-ethyl adjacent to an activating group) is 1. The zero-order valence-corrected chi connectivity index (χ0v) is 43.5. The van der Waals surface area contributed by atoms with Gasteiger partial charge >= 0.3 is 0 Å². The maximum atomic E-state index is 15.0. The zero-order valence-electron chi connectivity index (χ0n) is 43.5. The second kappa shape index (κ2) is 21.5. The van der Waals surface area contributed by atoms with Crippen molar-refractivity contribution in [2.24, 2.45) is 11.8 Å². The van der Waals surface area contributed by atoms with Crippen molar-refractivity contribution >= 4 is 33.4 Å². The number of nitrogens with zero attached hydrogens (tertiary/aromatic N) is 5. The molecular formula is C60H70F2N8O5. The lowest BCUT2D eigenvalue weighted by molar-refractivity contribution is 0.0541. The van der Waals surface area contributed by atoms with Crippen molar-refractivity contribution in [2.75, 3.05) is 59.5 Å². The molecular weight excluding hydrogens is 951 g/mol. The van der Waals surface area contributed by atoms with E-state index in [1.54, 1.807) is 26.0 Å². The lowest BCUT2D eigenvalue weighted by atomic mass is 9.94. The Morgan fingerprint density at radius 2 is 1.08 bits per heavy atom. The van der Waals surface area contributed by atoms with Gasteiger partial charge in [0.2, 0.25) is 0 Å². The third-order valence-corrected chi connectivity index (χ3v) is 16.4. The Morgan fingerprint density at radius 3 is 1.52 bits per heavy atom. The van der Waals surface area contributed by atoms with Gasteiger partial charge in [-0.3, -0.25) is 33.9 Å². The predicted octanol–water partition coefficient (Wildman–Crippen LogP) is 7.35. The molecule has 2 amide bonds. The van der Waals surface area contributed by atoms with Crippen molar-refractivity contribution in [3.05, 3.63) is 139 Å². The molecule has 394 valence electrons. The van der Waals surface area contributed by atoms with Gasteiger partial charge in [0.1, 0.15) is 11.6 Å². The quantitative estimate of drug-likeness (QED) is 0.0831. The molecule has 6 aliphatic rings. The number of hydrogen-bond donors (Lipinski definition) is 4. The Kier molecular flexibility index (Phi) is 14.6. The Balaban J connectivity index is 0.000000161. The minimum absolute atomic E-state index is 0.000670. The van der Waals surface area contributed by atoms with Gasteiger partial charge in [-0.15, -0.1) is 0 Å². The summed E-state index contributed by atoms with van der Waals surface area (Å²) in [5.74, 6) is -0.140. The number of pyridine rings is 2. The molecule has 75 heavy (non-hydrogen) atoms. The fraction of sp³-hybridized carbons (Fsp3) is 0.467. The van der Waals surface area contributed by atoms with Crippen molar-refractivity contribution < 1.29 is 23.5 Å². The van der Waals surface area contributed by atoms with Gasteiger partial charge in [0.25, 0.3) is 22.9 Å². The number of rotatable bonds is 15. The van der Waals surface area contributed by atoms with E-state index in [0.29, 0.717) is 62.5 Å². The third-order valence-electron chi connectivity index (χ3n) is 16.4. The minimum Gasteiger partial charge on any atom is -0.395 e. The average Bonchev–Trinajstić information content (AvgIpc) is 4.16. The second-order valence-corrected chi connectivity index (χ2v) is 22.5. The number of halogens is 2. The van der Waals surface area contributed by atoms with Gasteiger partial charge in [-0.25, -0.2) is 8.78 Å². The van der Waals surface area contributed by atoms with E-state index in [0.717, 1.165) is 137 Å². The van der Waals surface area contributed by atoms with E-state index >= 15 is 4.39 Å². The number of benzene rings is 4. The van der Waals surface area contributed by atoms with E-state index < -0.39 is 11.6 Å². The minimum atomic E-state index is -0.416. The van der Waals surface area contributed by atoms with Crippen molar-refractivity contribution in [2.45, 2.75) is 110 Å². The Hall–Kier alpha value is -6.10. The fourth-order valence-electron chi connectivity index (χ4n) is 10.9. The average molecular weight is 1020 g/mol. The summed E-state index contributed by atoms with van der Waals surface area (Å²) in [6.45, 7) is 12.8. The number of aromatic nitrogens is 2. The number of carbonyl (C=O) groups excluding carboxylic acids is 2. The van der Waals surface area contributed by atoms with Crippen LogP contribution in [0.3, 0.4) is 0 Å². The smallest absolute Gasteiger partial charge is 0.258 e. The van der Waals surface area contributed by atoms with E-state index in [2.05, 4.69) is 30.7 Å². The van der Waals surface area contributed by atoms with E-state index in [-0.39, 0.29) is 47.7 Å². The summed E-state index contributed by atoms with van der Waals surface area (Å²) in [6.07, 6.45) is 12.6. The van der Waals surface area contributed by atoms with Gasteiger partial charge in [0, 0.05) is 124 Å². The molecule has 2 aliphatic heterocycles. The van der Waals surface area contributed by atoms with Gasteiger partial charge in [-0.2, -0.15) is 0 Å². The van der Waals surface area contributed by atoms with Crippen LogP contribution in [0.5, 0.6) is 0 Å². The van der Waals surface area contributed by atoms with E-state index in [4.69, 9.17) is 0 Å². The van der Waals surface area contributed by atoms with Crippen LogP contribution in [-0.4, -0.2) is 118 Å². The summed E-state index contributed by atoms with van der Waals surface area (Å²) in [4.78, 5) is 59.2. The number of fused-ring (bicyclic) bond motifs is 2. The lowest BCUT2D eigenvalue weighted by Crippen LogP contribution is -2.52. The molecule has 1 unspecified atom stereocenters. The molecule has 4 heterocycles. The molecule has 2 aromatic heterocycles. The first-order valence-electron chi connectivity index (χ1n) is 27.3. The molecule has 12 rings (SSSR count). The molecule has 0 bridgehead atoms. The molecule has 15 heteroatoms. The molecule has 4 saturated carbocycles. The van der Waals surface area contributed by atoms with Crippen molar-refractivity contribution in [3.8, 4) is 22.3 Å². The van der Waals surface area contributed by atoms with Crippen LogP contribution in [0, 0.1) is 37.3 Å². The fourth-order valence-corrected chi connectivity index (χ4v) is 10.9. The standard InChI is InChI=1S/C31H37FN4O3.C29H33FN4O2/c1-19-27(12-22(13-29(19)32)30(38)33-24-6-7-24)21-5-8-26-28(11-21)23(16-36(31(26)39)14-20-3-4-20)15-35-10-9-34(2)25(17-35)18-37;1-18-25(13-21(14-27(18)30)28(35)32-23-5-6-23)20-4-7-24-26(12-20)22(16-33-10-8-31-9-11-33)17-34(29(24)36)15-19-2-3-19/h5,8,11-13,16,20,24-25,37H,3-4,6-7,9-10,14-15,17-18H2,1-2H3,(H,33,38);4,7,12-14,17,19,23,31H,2-3,5-6,8-11,15-16H2,1H3,(H,32,35). The summed E-state index contributed by atoms with van der Waals surface area (Å²) in [5, 5.41) is 22.3. The summed E-state index contributed by atoms with van der Waals surface area (Å²) in [7, 11) is 2.04. The van der Waals surface area contributed by atoms with Gasteiger partial charge in [0.05, 0.1) is 6.61 Å². The van der Waals surface area contributed by atoms with Crippen molar-refractivity contribution in [1.29, 1.82) is 0 Å². The van der Waals surface area contributed by atoms with Crippen LogP contribution in [0.4, 0.5) is 8.78 Å². The summed E-state index contributed by atoms with van der Waals surface area (Å²) >= 11 is 0. The van der Waals surface area contributed by atoms with E-state index in [1.807, 2.05) is 65.0 Å². The largest absolute Gasteiger partial charge is 0.395 e. The topological polar surface area (TPSA) is 144 Å². The number of amides is 2. The highest BCUT2D eigenvalue weighted by Crippen LogP contribution is 2.36. The van der Waals surface area contributed by atoms with Crippen LogP contribution in [-0.2, 0) is 26.2 Å². The predicted molar refractivity (Wildman–Crippen MR) is 290 cm³/mol. The Labute approximate surface area is 436 Å². The first kappa shape index (κ1) is 51.0. The SMILES string of the molecule is Cc1c(F)cc(C(=O)NC2CC2)cc1-c1ccc2c(=O)n(CC3CC3)cc(CN3CCN(C)C(CO)C3)c2c1.Cc1c(F)cc(C(=O)NC2CC2)cc1-c1ccc2c(=O)n(CC3CC3)cc(CN3CCNCC3)c2c1. The highest BCUT2D eigenvalue weighted by Gasteiger charge is 2.29. The Morgan fingerprint density at radius 1 is 0.613 bits per heavy atom. The molecule has 6 fully saturated rings. The summed E-state index contributed by atoms with van der Waals surface area (Å²) in [6, 6.07) is 18.1. The third kappa shape index (κ3) is 11.7. The van der Waals surface area contributed by atoms with Gasteiger partial charge in [-0.1, -0.05) is 12.1 Å². The van der Waals surface area contributed by atoms with Crippen molar-refractivity contribution in [3.63, 3.8) is 0 Å². The first-order valence-corrected chi connectivity index (χ1v) is 27.3. The Bertz CT molecular complexity index is 3300. The molecule has 0 spiro atoms. The number of nitrogens with one attached hydrogen (secondary N) is 3. The monoisotopic (exact) mass is 1020 g/mol. The van der Waals surface area contributed by atoms with Crippen LogP contribution >= 0.6 is 0 Å². The molecule has 13 nitrogen and oxygen atoms in total. The van der Waals surface area contributed by atoms with Gasteiger partial charge < -0.3 is 30.2 Å². The number of carbonyl (C=O) groups is 2. The lowest BCUT2D eigenvalue weighted by Gasteiger charge is -2.38. The highest BCUT2D eigenvalue weighted by molar-refractivity contribution is 5.98.